The maximum absolute atomic E-state index is 5.51. The Morgan fingerprint density at radius 2 is 0.676 bits per heavy atom. The van der Waals surface area contributed by atoms with E-state index in [4.69, 9.17) is 42.6 Å². The van der Waals surface area contributed by atoms with Gasteiger partial charge >= 0.3 is 0 Å². The molecule has 0 unspecified atom stereocenters. The maximum Gasteiger partial charge on any atom is 0.0704 e. The minimum atomic E-state index is 0.535. The Bertz CT molecular complexity index is 372. The normalized spacial score (nSPS) is 11.3. The van der Waals surface area contributed by atoms with Gasteiger partial charge in [0.2, 0.25) is 0 Å². The van der Waals surface area contributed by atoms with E-state index in [1.54, 1.807) is 6.08 Å². The van der Waals surface area contributed by atoms with Crippen molar-refractivity contribution in [2.45, 2.75) is 32.6 Å². The third-order valence-electron chi connectivity index (χ3n) is 4.35. The third kappa shape index (κ3) is 31.4. The summed E-state index contributed by atoms with van der Waals surface area (Å²) in [4.78, 5) is 0. The molecule has 0 radical (unpaired) electrons. The fourth-order valence-corrected chi connectivity index (χ4v) is 2.56. The van der Waals surface area contributed by atoms with Crippen LogP contribution in [-0.4, -0.2) is 119 Å². The molecule has 0 aliphatic rings. The van der Waals surface area contributed by atoms with Crippen molar-refractivity contribution in [2.75, 3.05) is 119 Å². The summed E-state index contributed by atoms with van der Waals surface area (Å²) in [6.45, 7) is 16.1. The van der Waals surface area contributed by atoms with E-state index >= 15 is 0 Å². The first-order chi connectivity index (χ1) is 16.9. The summed E-state index contributed by atoms with van der Waals surface area (Å²) in [7, 11) is 0. The molecule has 0 heterocycles. The Labute approximate surface area is 207 Å². The minimum absolute atomic E-state index is 0.535. The molecule has 0 rings (SSSR count). The Kier molecular flexibility index (Phi) is 31.8. The van der Waals surface area contributed by atoms with Crippen LogP contribution in [0.4, 0.5) is 0 Å². The first-order valence-electron chi connectivity index (χ1n) is 12.7. The molecule has 0 saturated carbocycles. The van der Waals surface area contributed by atoms with Crippen molar-refractivity contribution in [2.24, 2.45) is 0 Å². The third-order valence-corrected chi connectivity index (χ3v) is 4.35. The summed E-state index contributed by atoms with van der Waals surface area (Å²) in [6.07, 6.45) is 6.63. The van der Waals surface area contributed by atoms with Crippen LogP contribution in [0.3, 0.4) is 0 Å². The second kappa shape index (κ2) is 32.4. The zero-order chi connectivity index (χ0) is 24.6. The zero-order valence-electron chi connectivity index (χ0n) is 21.5. The van der Waals surface area contributed by atoms with Crippen LogP contribution in [0.2, 0.25) is 0 Å². The topological polar surface area (TPSA) is 83.1 Å². The van der Waals surface area contributed by atoms with Crippen LogP contribution in [0, 0.1) is 0 Å². The zero-order valence-corrected chi connectivity index (χ0v) is 21.5. The molecule has 0 bridgehead atoms. The lowest BCUT2D eigenvalue weighted by Crippen LogP contribution is -2.15. The molecule has 0 aliphatic carbocycles. The molecule has 9 nitrogen and oxygen atoms in total. The van der Waals surface area contributed by atoms with Crippen LogP contribution in [-0.2, 0) is 42.6 Å². The van der Waals surface area contributed by atoms with Gasteiger partial charge in [0.1, 0.15) is 0 Å². The largest absolute Gasteiger partial charge is 0.379 e. The van der Waals surface area contributed by atoms with Crippen molar-refractivity contribution in [3.05, 3.63) is 12.7 Å². The van der Waals surface area contributed by atoms with Crippen molar-refractivity contribution in [3.8, 4) is 0 Å². The van der Waals surface area contributed by atoms with Crippen LogP contribution in [0.5, 0.6) is 0 Å². The minimum Gasteiger partial charge on any atom is -0.379 e. The van der Waals surface area contributed by atoms with Crippen LogP contribution < -0.4 is 0 Å². The monoisotopic (exact) mass is 494 g/mol. The molecular formula is C25H50O9. The lowest BCUT2D eigenvalue weighted by atomic mass is 10.2. The van der Waals surface area contributed by atoms with Crippen molar-refractivity contribution in [3.63, 3.8) is 0 Å². The van der Waals surface area contributed by atoms with Gasteiger partial charge in [0.15, 0.2) is 0 Å². The van der Waals surface area contributed by atoms with E-state index in [9.17, 15) is 0 Å². The standard InChI is InChI=1S/C25H50O9/c1-3-5-6-7-9-27-11-13-29-15-17-31-19-21-33-23-25-34-24-22-32-20-18-30-16-14-28-12-10-26-8-4-2/h4H,2-3,5-25H2,1H3. The smallest absolute Gasteiger partial charge is 0.0704 e. The van der Waals surface area contributed by atoms with Gasteiger partial charge in [-0.1, -0.05) is 32.3 Å². The average molecular weight is 495 g/mol. The quantitative estimate of drug-likeness (QED) is 0.107. The predicted molar refractivity (Wildman–Crippen MR) is 132 cm³/mol. The molecular weight excluding hydrogens is 444 g/mol. The number of unbranched alkanes of at least 4 members (excludes halogenated alkanes) is 3. The van der Waals surface area contributed by atoms with Gasteiger partial charge in [0.05, 0.1) is 112 Å². The lowest BCUT2D eigenvalue weighted by molar-refractivity contribution is -0.0246. The van der Waals surface area contributed by atoms with Gasteiger partial charge in [-0.15, -0.1) is 6.58 Å². The van der Waals surface area contributed by atoms with Gasteiger partial charge in [-0.3, -0.25) is 0 Å². The van der Waals surface area contributed by atoms with Gasteiger partial charge in [0, 0.05) is 6.61 Å². The Balaban J connectivity index is 3.00. The number of ether oxygens (including phenoxy) is 9. The summed E-state index contributed by atoms with van der Waals surface area (Å²) in [5, 5.41) is 0. The van der Waals surface area contributed by atoms with Crippen molar-refractivity contribution in [1.82, 2.24) is 0 Å². The molecule has 0 N–H and O–H groups in total. The van der Waals surface area contributed by atoms with Crippen molar-refractivity contribution >= 4 is 0 Å². The SMILES string of the molecule is C=CCOCCOCCOCCOCCOCCOCCOCCOCCOCCCCCC. The van der Waals surface area contributed by atoms with Gasteiger partial charge < -0.3 is 42.6 Å². The predicted octanol–water partition coefficient (Wildman–Crippen LogP) is 2.90. The summed E-state index contributed by atoms with van der Waals surface area (Å²) in [5.41, 5.74) is 0. The van der Waals surface area contributed by atoms with E-state index in [2.05, 4.69) is 13.5 Å². The molecule has 34 heavy (non-hydrogen) atoms. The Hall–Kier alpha value is -0.620. The molecule has 204 valence electrons. The summed E-state index contributed by atoms with van der Waals surface area (Å²) < 4.78 is 48.8. The average Bonchev–Trinajstić information content (AvgIpc) is 2.85. The van der Waals surface area contributed by atoms with E-state index in [0.717, 1.165) is 13.0 Å². The van der Waals surface area contributed by atoms with Crippen molar-refractivity contribution < 1.29 is 42.6 Å². The first kappa shape index (κ1) is 33.4. The van der Waals surface area contributed by atoms with E-state index in [1.807, 2.05) is 0 Å². The molecule has 0 aromatic carbocycles. The second-order valence-corrected chi connectivity index (χ2v) is 7.32. The molecule has 9 heteroatoms. The molecule has 0 fully saturated rings. The van der Waals surface area contributed by atoms with Gasteiger partial charge in [-0.2, -0.15) is 0 Å². The highest BCUT2D eigenvalue weighted by atomic mass is 16.6. The lowest BCUT2D eigenvalue weighted by Gasteiger charge is -2.08. The van der Waals surface area contributed by atoms with Crippen LogP contribution in [0.15, 0.2) is 12.7 Å². The van der Waals surface area contributed by atoms with E-state index < -0.39 is 0 Å². The fraction of sp³-hybridized carbons (Fsp3) is 0.920. The van der Waals surface area contributed by atoms with E-state index in [0.29, 0.717) is 112 Å². The highest BCUT2D eigenvalue weighted by Gasteiger charge is 1.95. The fourth-order valence-electron chi connectivity index (χ4n) is 2.56. The van der Waals surface area contributed by atoms with Gasteiger partial charge in [-0.25, -0.2) is 0 Å². The number of hydrogen-bond donors (Lipinski definition) is 0. The van der Waals surface area contributed by atoms with Gasteiger partial charge in [0.25, 0.3) is 0 Å². The van der Waals surface area contributed by atoms with Crippen molar-refractivity contribution in [1.29, 1.82) is 0 Å². The number of rotatable bonds is 31. The second-order valence-electron chi connectivity index (χ2n) is 7.32. The summed E-state index contributed by atoms with van der Waals surface area (Å²) in [6, 6.07) is 0. The highest BCUT2D eigenvalue weighted by molar-refractivity contribution is 4.63. The molecule has 0 aliphatic heterocycles. The molecule has 0 aromatic heterocycles. The van der Waals surface area contributed by atoms with E-state index in [1.165, 1.54) is 19.3 Å². The van der Waals surface area contributed by atoms with Crippen LogP contribution in [0.25, 0.3) is 0 Å². The molecule has 0 aromatic rings. The first-order valence-corrected chi connectivity index (χ1v) is 12.7. The van der Waals surface area contributed by atoms with Gasteiger partial charge in [-0.05, 0) is 6.42 Å². The summed E-state index contributed by atoms with van der Waals surface area (Å²) >= 11 is 0. The number of hydrogen-bond acceptors (Lipinski definition) is 9. The van der Waals surface area contributed by atoms with Crippen LogP contribution >= 0.6 is 0 Å². The summed E-state index contributed by atoms with van der Waals surface area (Å²) in [5.74, 6) is 0. The van der Waals surface area contributed by atoms with Crippen LogP contribution in [0.1, 0.15) is 32.6 Å². The highest BCUT2D eigenvalue weighted by Crippen LogP contribution is 1.98. The maximum atomic E-state index is 5.51. The molecule has 0 amide bonds. The Morgan fingerprint density at radius 3 is 0.971 bits per heavy atom. The molecule has 0 saturated heterocycles. The molecule has 0 atom stereocenters. The Morgan fingerprint density at radius 1 is 0.382 bits per heavy atom. The van der Waals surface area contributed by atoms with E-state index in [-0.39, 0.29) is 0 Å². The molecule has 0 spiro atoms.